The minimum absolute atomic E-state index is 0.202. The average Bonchev–Trinajstić information content (AvgIpc) is 2.90. The first-order chi connectivity index (χ1) is 9.53. The van der Waals surface area contributed by atoms with E-state index in [0.29, 0.717) is 18.3 Å². The number of rotatable bonds is 4. The van der Waals surface area contributed by atoms with Gasteiger partial charge in [-0.25, -0.2) is 0 Å². The number of nitrogens with one attached hydrogen (secondary N) is 2. The van der Waals surface area contributed by atoms with Crippen LogP contribution >= 0.6 is 0 Å². The van der Waals surface area contributed by atoms with E-state index in [4.69, 9.17) is 0 Å². The molecule has 6 heteroatoms. The van der Waals surface area contributed by atoms with Gasteiger partial charge in [0, 0.05) is 24.3 Å². The lowest BCUT2D eigenvalue weighted by atomic mass is 10.2. The van der Waals surface area contributed by atoms with E-state index in [2.05, 4.69) is 15.4 Å². The summed E-state index contributed by atoms with van der Waals surface area (Å²) >= 11 is 0. The summed E-state index contributed by atoms with van der Waals surface area (Å²) < 4.78 is 40.0. The fourth-order valence-corrected chi connectivity index (χ4v) is 1.98. The van der Waals surface area contributed by atoms with Gasteiger partial charge in [0.05, 0.1) is 0 Å². The van der Waals surface area contributed by atoms with Gasteiger partial charge in [-0.3, -0.25) is 0 Å². The summed E-state index contributed by atoms with van der Waals surface area (Å²) in [4.78, 5) is 0. The Bertz CT molecular complexity index is 390. The van der Waals surface area contributed by atoms with E-state index in [1.54, 1.807) is 6.07 Å². The molecule has 1 aliphatic rings. The van der Waals surface area contributed by atoms with Crippen LogP contribution in [-0.4, -0.2) is 25.5 Å². The number of hydrogen-bond acceptors (Lipinski definition) is 3. The molecule has 3 nitrogen and oxygen atoms in total. The van der Waals surface area contributed by atoms with Crippen LogP contribution in [0.3, 0.4) is 0 Å². The van der Waals surface area contributed by atoms with Crippen molar-refractivity contribution >= 4 is 5.69 Å². The molecule has 114 valence electrons. The maximum atomic E-state index is 12.1. The Morgan fingerprint density at radius 2 is 2.10 bits per heavy atom. The van der Waals surface area contributed by atoms with Crippen LogP contribution in [0.4, 0.5) is 18.9 Å². The molecule has 0 saturated carbocycles. The Hall–Kier alpha value is -1.43. The normalized spacial score (nSPS) is 18.1. The zero-order valence-corrected chi connectivity index (χ0v) is 11.8. The first-order valence-electron chi connectivity index (χ1n) is 6.86. The van der Waals surface area contributed by atoms with E-state index in [-0.39, 0.29) is 5.75 Å². The highest BCUT2D eigenvalue weighted by molar-refractivity contribution is 5.48. The van der Waals surface area contributed by atoms with Crippen LogP contribution in [0.1, 0.15) is 26.7 Å². The third-order valence-corrected chi connectivity index (χ3v) is 2.78. The van der Waals surface area contributed by atoms with E-state index in [0.717, 1.165) is 19.4 Å². The molecule has 0 amide bonds. The maximum Gasteiger partial charge on any atom is 0.573 e. The number of anilines is 1. The first kappa shape index (κ1) is 16.6. The summed E-state index contributed by atoms with van der Waals surface area (Å²) in [7, 11) is 0. The molecule has 2 N–H and O–H groups in total. The van der Waals surface area contributed by atoms with Crippen molar-refractivity contribution in [3.63, 3.8) is 0 Å². The molecular weight excluding hydrogens is 269 g/mol. The summed E-state index contributed by atoms with van der Waals surface area (Å²) in [5, 5.41) is 6.41. The zero-order chi connectivity index (χ0) is 15.0. The maximum absolute atomic E-state index is 12.1. The van der Waals surface area contributed by atoms with Gasteiger partial charge in [0.2, 0.25) is 0 Å². The Balaban J connectivity index is 0.000000956. The highest BCUT2D eigenvalue weighted by Gasteiger charge is 2.31. The monoisotopic (exact) mass is 290 g/mol. The van der Waals surface area contributed by atoms with Crippen molar-refractivity contribution in [3.8, 4) is 5.75 Å². The molecule has 1 unspecified atom stereocenters. The third-order valence-electron chi connectivity index (χ3n) is 2.78. The number of alkyl halides is 3. The SMILES string of the molecule is CC.FC(F)(F)Oc1cccc(NCC2CCCN2)c1. The molecule has 1 aromatic rings. The van der Waals surface area contributed by atoms with Crippen LogP contribution in [0, 0.1) is 0 Å². The Kier molecular flexibility index (Phi) is 6.64. The number of ether oxygens (including phenoxy) is 1. The minimum atomic E-state index is -4.65. The lowest BCUT2D eigenvalue weighted by Crippen LogP contribution is -2.29. The van der Waals surface area contributed by atoms with Gasteiger partial charge in [0.1, 0.15) is 5.75 Å². The fraction of sp³-hybridized carbons (Fsp3) is 0.571. The lowest BCUT2D eigenvalue weighted by Gasteiger charge is -2.14. The molecule has 1 fully saturated rings. The second kappa shape index (κ2) is 7.99. The van der Waals surface area contributed by atoms with Gasteiger partial charge in [-0.15, -0.1) is 13.2 Å². The van der Waals surface area contributed by atoms with E-state index in [1.165, 1.54) is 18.2 Å². The summed E-state index contributed by atoms with van der Waals surface area (Å²) in [6, 6.07) is 6.27. The second-order valence-corrected chi connectivity index (χ2v) is 4.25. The van der Waals surface area contributed by atoms with Crippen LogP contribution in [-0.2, 0) is 0 Å². The number of hydrogen-bond donors (Lipinski definition) is 2. The summed E-state index contributed by atoms with van der Waals surface area (Å²) in [6.45, 7) is 5.71. The Morgan fingerprint density at radius 3 is 2.70 bits per heavy atom. The Labute approximate surface area is 117 Å². The van der Waals surface area contributed by atoms with E-state index >= 15 is 0 Å². The first-order valence-corrected chi connectivity index (χ1v) is 6.86. The molecule has 0 aromatic heterocycles. The smallest absolute Gasteiger partial charge is 0.406 e. The lowest BCUT2D eigenvalue weighted by molar-refractivity contribution is -0.274. The largest absolute Gasteiger partial charge is 0.573 e. The highest BCUT2D eigenvalue weighted by Crippen LogP contribution is 2.25. The predicted molar refractivity (Wildman–Crippen MR) is 74.0 cm³/mol. The summed E-state index contributed by atoms with van der Waals surface area (Å²) in [5.41, 5.74) is 0.630. The molecule has 0 bridgehead atoms. The van der Waals surface area contributed by atoms with Crippen LogP contribution in [0.5, 0.6) is 5.75 Å². The van der Waals surface area contributed by atoms with E-state index < -0.39 is 6.36 Å². The van der Waals surface area contributed by atoms with Crippen molar-refractivity contribution < 1.29 is 17.9 Å². The van der Waals surface area contributed by atoms with Crippen LogP contribution < -0.4 is 15.4 Å². The molecule has 1 aromatic carbocycles. The molecule has 1 saturated heterocycles. The molecule has 20 heavy (non-hydrogen) atoms. The summed E-state index contributed by atoms with van der Waals surface area (Å²) in [6.07, 6.45) is -2.42. The van der Waals surface area contributed by atoms with Crippen molar-refractivity contribution in [1.82, 2.24) is 5.32 Å². The van der Waals surface area contributed by atoms with Gasteiger partial charge in [0.25, 0.3) is 0 Å². The number of halogens is 3. The van der Waals surface area contributed by atoms with Crippen LogP contribution in [0.25, 0.3) is 0 Å². The number of benzene rings is 1. The van der Waals surface area contributed by atoms with Crippen molar-refractivity contribution in [1.29, 1.82) is 0 Å². The highest BCUT2D eigenvalue weighted by atomic mass is 19.4. The average molecular weight is 290 g/mol. The van der Waals surface area contributed by atoms with Crippen LogP contribution in [0.15, 0.2) is 24.3 Å². The standard InChI is InChI=1S/C12H15F3N2O.C2H6/c13-12(14,15)18-11-5-1-3-9(7-11)17-8-10-4-2-6-16-10;1-2/h1,3,5,7,10,16-17H,2,4,6,8H2;1-2H3. The fourth-order valence-electron chi connectivity index (χ4n) is 1.98. The van der Waals surface area contributed by atoms with Gasteiger partial charge in [-0.1, -0.05) is 19.9 Å². The van der Waals surface area contributed by atoms with Crippen molar-refractivity contribution in [2.75, 3.05) is 18.4 Å². The molecule has 0 radical (unpaired) electrons. The molecular formula is C14H21F3N2O. The molecule has 1 heterocycles. The predicted octanol–water partition coefficient (Wildman–Crippen LogP) is 3.78. The van der Waals surface area contributed by atoms with E-state index in [9.17, 15) is 13.2 Å². The van der Waals surface area contributed by atoms with Gasteiger partial charge >= 0.3 is 6.36 Å². The topological polar surface area (TPSA) is 33.3 Å². The quantitative estimate of drug-likeness (QED) is 0.885. The zero-order valence-electron chi connectivity index (χ0n) is 11.8. The van der Waals surface area contributed by atoms with E-state index in [1.807, 2.05) is 13.8 Å². The molecule has 1 atom stereocenters. The van der Waals surface area contributed by atoms with Gasteiger partial charge in [-0.2, -0.15) is 0 Å². The second-order valence-electron chi connectivity index (χ2n) is 4.25. The third kappa shape index (κ3) is 6.14. The molecule has 1 aliphatic heterocycles. The molecule has 0 aliphatic carbocycles. The van der Waals surface area contributed by atoms with Gasteiger partial charge < -0.3 is 15.4 Å². The summed E-state index contributed by atoms with van der Waals surface area (Å²) in [5.74, 6) is -0.202. The van der Waals surface area contributed by atoms with Crippen molar-refractivity contribution in [2.45, 2.75) is 39.1 Å². The molecule has 2 rings (SSSR count). The van der Waals surface area contributed by atoms with Crippen molar-refractivity contribution in [2.24, 2.45) is 0 Å². The minimum Gasteiger partial charge on any atom is -0.406 e. The van der Waals surface area contributed by atoms with Crippen LogP contribution in [0.2, 0.25) is 0 Å². The molecule has 0 spiro atoms. The van der Waals surface area contributed by atoms with Gasteiger partial charge in [0.15, 0.2) is 0 Å². The van der Waals surface area contributed by atoms with Gasteiger partial charge in [-0.05, 0) is 31.5 Å². The Morgan fingerprint density at radius 1 is 1.35 bits per heavy atom. The van der Waals surface area contributed by atoms with Crippen molar-refractivity contribution in [3.05, 3.63) is 24.3 Å².